The molecule has 0 saturated heterocycles. The number of carbonyl (C=O) groups excluding carboxylic acids is 2. The molecule has 0 saturated carbocycles. The van der Waals surface area contributed by atoms with Gasteiger partial charge in [-0.3, -0.25) is 14.9 Å². The Morgan fingerprint density at radius 3 is 1.64 bits per heavy atom. The molecular weight excluding hydrogens is 753 g/mol. The van der Waals surface area contributed by atoms with Gasteiger partial charge in [-0.1, -0.05) is 152 Å². The Morgan fingerprint density at radius 2 is 1.17 bits per heavy atom. The van der Waals surface area contributed by atoms with Gasteiger partial charge in [-0.25, -0.2) is 14.6 Å². The lowest BCUT2D eigenvalue weighted by Crippen LogP contribution is -2.38. The number of benzene rings is 6. The van der Waals surface area contributed by atoms with Crippen molar-refractivity contribution in [1.29, 1.82) is 4.78 Å². The summed E-state index contributed by atoms with van der Waals surface area (Å²) in [4.78, 5) is 43.4. The summed E-state index contributed by atoms with van der Waals surface area (Å²) in [6, 6.07) is 53.6. The first-order valence-electron chi connectivity index (χ1n) is 18.3. The highest BCUT2D eigenvalue weighted by Crippen LogP contribution is 2.41. The van der Waals surface area contributed by atoms with Crippen molar-refractivity contribution >= 4 is 33.5 Å². The average Bonchev–Trinajstić information content (AvgIpc) is 3.64. The standard InChI is InChI=1S/C46H38N4O7S/c47-58-32-40(48-45(58)49-46(36-20-10-3-11-21-36,37-22-12-4-13-23-37)38-24-14-5-15-25-38)43(56-31-41(51)55-30-33-26-28-39(29-27-33)50(53)54)44(52)57-42(34-16-6-1-7-17-34)35-18-8-2-9-19-35/h1-29,32,42-43,47H,30-31H2,(H,48,49). The van der Waals surface area contributed by atoms with Crippen LogP contribution in [0.3, 0.4) is 0 Å². The van der Waals surface area contributed by atoms with Gasteiger partial charge in [0.2, 0.25) is 0 Å². The van der Waals surface area contributed by atoms with Crippen LogP contribution in [0.5, 0.6) is 0 Å². The molecule has 6 aromatic rings. The second-order valence-electron chi connectivity index (χ2n) is 13.2. The van der Waals surface area contributed by atoms with Crippen molar-refractivity contribution in [1.82, 2.24) is 5.32 Å². The van der Waals surface area contributed by atoms with Crippen LogP contribution in [0, 0.1) is 14.9 Å². The normalized spacial score (nSPS) is 14.9. The number of nitro groups is 1. The molecular formula is C46H38N4O7S. The SMILES string of the molecule is N=S1C=C(C(OCC(=O)OCc2ccc([N+](=O)[O-])cc2)C(=O)OC(c2ccccc2)c2ccccc2)NC1=NC(c1ccccc1)(c1ccccc1)c1ccccc1. The van der Waals surface area contributed by atoms with Crippen molar-refractivity contribution in [3.8, 4) is 0 Å². The topological polar surface area (TPSA) is 153 Å². The number of hydrogen-bond acceptors (Lipinski definition) is 9. The number of hydrogen-bond donors (Lipinski definition) is 2. The second-order valence-corrected chi connectivity index (χ2v) is 14.5. The highest BCUT2D eigenvalue weighted by atomic mass is 32.2. The Balaban J connectivity index is 1.22. The summed E-state index contributed by atoms with van der Waals surface area (Å²) in [6.07, 6.45) is -2.31. The fourth-order valence-corrected chi connectivity index (χ4v) is 7.61. The first kappa shape index (κ1) is 39.2. The molecule has 2 N–H and O–H groups in total. The third-order valence-corrected chi connectivity index (χ3v) is 10.5. The Labute approximate surface area is 337 Å². The van der Waals surface area contributed by atoms with Crippen LogP contribution in [-0.2, 0) is 46.6 Å². The van der Waals surface area contributed by atoms with E-state index in [1.54, 1.807) is 5.41 Å². The van der Waals surface area contributed by atoms with E-state index in [1.807, 2.05) is 152 Å². The van der Waals surface area contributed by atoms with Crippen molar-refractivity contribution in [2.45, 2.75) is 24.4 Å². The summed E-state index contributed by atoms with van der Waals surface area (Å²) in [6.45, 7) is -0.818. The van der Waals surface area contributed by atoms with Gasteiger partial charge in [0.25, 0.3) is 5.69 Å². The number of nitro benzene ring substituents is 1. The largest absolute Gasteiger partial charge is 0.459 e. The lowest BCUT2D eigenvalue weighted by atomic mass is 9.77. The van der Waals surface area contributed by atoms with Gasteiger partial charge >= 0.3 is 11.9 Å². The maximum Gasteiger partial charge on any atom is 0.342 e. The van der Waals surface area contributed by atoms with Crippen LogP contribution >= 0.6 is 0 Å². The van der Waals surface area contributed by atoms with E-state index >= 15 is 0 Å². The van der Waals surface area contributed by atoms with E-state index < -0.39 is 51.9 Å². The van der Waals surface area contributed by atoms with Crippen LogP contribution in [0.15, 0.2) is 192 Å². The molecule has 2 unspecified atom stereocenters. The van der Waals surface area contributed by atoms with E-state index in [2.05, 4.69) is 5.32 Å². The van der Waals surface area contributed by atoms with Crippen LogP contribution in [-0.4, -0.2) is 34.7 Å². The Hall–Kier alpha value is -7.02. The molecule has 0 spiro atoms. The number of carbonyl (C=O) groups is 2. The van der Waals surface area contributed by atoms with Gasteiger partial charge in [-0.15, -0.1) is 0 Å². The van der Waals surface area contributed by atoms with Gasteiger partial charge in [0.15, 0.2) is 17.4 Å². The minimum atomic E-state index is -1.49. The highest BCUT2D eigenvalue weighted by molar-refractivity contribution is 8.04. The molecule has 290 valence electrons. The van der Waals surface area contributed by atoms with Crippen molar-refractivity contribution in [3.05, 3.63) is 231 Å². The molecule has 1 heterocycles. The first-order chi connectivity index (χ1) is 28.3. The molecule has 12 heteroatoms. The first-order valence-corrected chi connectivity index (χ1v) is 19.6. The third-order valence-electron chi connectivity index (χ3n) is 9.40. The summed E-state index contributed by atoms with van der Waals surface area (Å²) in [5, 5.41) is 16.1. The van der Waals surface area contributed by atoms with Crippen LogP contribution in [0.25, 0.3) is 0 Å². The number of ether oxygens (including phenoxy) is 3. The Bertz CT molecular complexity index is 2300. The molecule has 2 atom stereocenters. The van der Waals surface area contributed by atoms with Crippen LogP contribution in [0.1, 0.15) is 39.5 Å². The minimum Gasteiger partial charge on any atom is -0.459 e. The summed E-state index contributed by atoms with van der Waals surface area (Å²) >= 11 is 0. The minimum absolute atomic E-state index is 0.0914. The molecule has 0 fully saturated rings. The molecule has 0 amide bonds. The lowest BCUT2D eigenvalue weighted by Gasteiger charge is -2.32. The van der Waals surface area contributed by atoms with Crippen LogP contribution in [0.2, 0.25) is 0 Å². The van der Waals surface area contributed by atoms with Gasteiger partial charge in [-0.05, 0) is 56.2 Å². The van der Waals surface area contributed by atoms with Gasteiger partial charge < -0.3 is 19.5 Å². The van der Waals surface area contributed by atoms with Crippen LogP contribution in [0.4, 0.5) is 5.69 Å². The zero-order valence-corrected chi connectivity index (χ0v) is 31.9. The van der Waals surface area contributed by atoms with E-state index in [4.69, 9.17) is 19.2 Å². The molecule has 11 nitrogen and oxygen atoms in total. The van der Waals surface area contributed by atoms with Gasteiger partial charge in [0, 0.05) is 17.5 Å². The summed E-state index contributed by atoms with van der Waals surface area (Å²) < 4.78 is 26.9. The molecule has 58 heavy (non-hydrogen) atoms. The van der Waals surface area contributed by atoms with Gasteiger partial charge in [0.1, 0.15) is 18.8 Å². The maximum absolute atomic E-state index is 14.4. The monoisotopic (exact) mass is 790 g/mol. The smallest absolute Gasteiger partial charge is 0.342 e. The van der Waals surface area contributed by atoms with Crippen molar-refractivity contribution < 1.29 is 28.7 Å². The zero-order chi connectivity index (χ0) is 40.3. The van der Waals surface area contributed by atoms with Crippen molar-refractivity contribution in [3.63, 3.8) is 0 Å². The lowest BCUT2D eigenvalue weighted by molar-refractivity contribution is -0.384. The predicted molar refractivity (Wildman–Crippen MR) is 221 cm³/mol. The van der Waals surface area contributed by atoms with E-state index in [0.717, 1.165) is 27.8 Å². The number of amidine groups is 1. The molecule has 0 bridgehead atoms. The van der Waals surface area contributed by atoms with Gasteiger partial charge in [0.05, 0.1) is 10.6 Å². The molecule has 0 aliphatic carbocycles. The summed E-state index contributed by atoms with van der Waals surface area (Å²) in [7, 11) is -1.40. The molecule has 0 aromatic heterocycles. The number of esters is 2. The molecule has 6 aromatic carbocycles. The van der Waals surface area contributed by atoms with E-state index in [9.17, 15) is 24.5 Å². The summed E-state index contributed by atoms with van der Waals surface area (Å²) in [5.41, 5.74) is 3.57. The van der Waals surface area contributed by atoms with Gasteiger partial charge in [-0.2, -0.15) is 0 Å². The number of nitrogens with one attached hydrogen (secondary N) is 2. The predicted octanol–water partition coefficient (Wildman–Crippen LogP) is 8.53. The Morgan fingerprint density at radius 1 is 0.707 bits per heavy atom. The van der Waals surface area contributed by atoms with E-state index in [0.29, 0.717) is 5.56 Å². The van der Waals surface area contributed by atoms with Crippen molar-refractivity contribution in [2.75, 3.05) is 6.61 Å². The number of nitrogens with zero attached hydrogens (tertiary/aromatic N) is 2. The molecule has 7 rings (SSSR count). The summed E-state index contributed by atoms with van der Waals surface area (Å²) in [5.74, 6) is -1.59. The number of aliphatic imine (C=N–C) groups is 1. The van der Waals surface area contributed by atoms with E-state index in [-0.39, 0.29) is 23.2 Å². The third kappa shape index (κ3) is 8.99. The zero-order valence-electron chi connectivity index (χ0n) is 31.0. The number of non-ortho nitro benzene ring substituents is 1. The number of rotatable bonds is 15. The maximum atomic E-state index is 14.4. The second kappa shape index (κ2) is 18.3. The van der Waals surface area contributed by atoms with Crippen LogP contribution < -0.4 is 5.32 Å². The fourth-order valence-electron chi connectivity index (χ4n) is 6.60. The fraction of sp³-hybridized carbons (Fsp3) is 0.109. The van der Waals surface area contributed by atoms with E-state index in [1.165, 1.54) is 24.3 Å². The highest BCUT2D eigenvalue weighted by Gasteiger charge is 2.39. The molecule has 1 aliphatic heterocycles. The Kier molecular flexibility index (Phi) is 12.4. The molecule has 0 radical (unpaired) electrons. The molecule has 1 aliphatic rings. The average molecular weight is 791 g/mol. The quantitative estimate of drug-likeness (QED) is 0.0455. The van der Waals surface area contributed by atoms with Crippen molar-refractivity contribution in [2.24, 2.45) is 4.99 Å².